The zero-order chi connectivity index (χ0) is 18.8. The minimum atomic E-state index is 0.00806. The fourth-order valence-corrected chi connectivity index (χ4v) is 3.94. The lowest BCUT2D eigenvalue weighted by molar-refractivity contribution is 0.277. The highest BCUT2D eigenvalue weighted by molar-refractivity contribution is 9.10. The molecule has 3 aliphatic rings. The van der Waals surface area contributed by atoms with E-state index in [1.165, 1.54) is 17.5 Å². The number of halogens is 1. The first-order valence-corrected chi connectivity index (χ1v) is 9.86. The van der Waals surface area contributed by atoms with Gasteiger partial charge >= 0.3 is 0 Å². The molecule has 0 spiro atoms. The Morgan fingerprint density at radius 1 is 1.23 bits per heavy atom. The number of hydrogen-bond acceptors (Lipinski definition) is 5. The van der Waals surface area contributed by atoms with E-state index in [-0.39, 0.29) is 6.04 Å². The normalized spacial score (nSPS) is 25.6. The molecule has 0 bridgehead atoms. The molecule has 1 aromatic carbocycles. The van der Waals surface area contributed by atoms with Crippen molar-refractivity contribution < 1.29 is 14.2 Å². The van der Waals surface area contributed by atoms with Gasteiger partial charge in [-0.25, -0.2) is 9.98 Å². The Morgan fingerprint density at radius 3 is 2.65 bits per heavy atom. The number of hydrogen-bond donors (Lipinski definition) is 0. The molecule has 1 fully saturated rings. The van der Waals surface area contributed by atoms with E-state index in [9.17, 15) is 0 Å². The number of benzene rings is 1. The minimum Gasteiger partial charge on any atom is -0.492 e. The largest absolute Gasteiger partial charge is 0.492 e. The first kappa shape index (κ1) is 19.2. The summed E-state index contributed by atoms with van der Waals surface area (Å²) in [5.41, 5.74) is 2.83. The fourth-order valence-electron chi connectivity index (χ4n) is 3.48. The van der Waals surface area contributed by atoms with Crippen LogP contribution in [-0.2, 0) is 9.47 Å². The molecule has 0 N–H and O–H groups in total. The molecular formula is C20H27BrN2O3. The van der Waals surface area contributed by atoms with Gasteiger partial charge in [0.05, 0.1) is 25.3 Å². The van der Waals surface area contributed by atoms with E-state index in [1.54, 1.807) is 14.2 Å². The van der Waals surface area contributed by atoms with Gasteiger partial charge in [-0.2, -0.15) is 0 Å². The number of ether oxygens (including phenoxy) is 3. The number of aliphatic imine (C=N–C) groups is 2. The predicted molar refractivity (Wildman–Crippen MR) is 108 cm³/mol. The molecule has 3 unspecified atom stereocenters. The summed E-state index contributed by atoms with van der Waals surface area (Å²) < 4.78 is 17.0. The van der Waals surface area contributed by atoms with Crippen LogP contribution in [0.5, 0.6) is 5.75 Å². The number of methoxy groups -OCH3 is 2. The summed E-state index contributed by atoms with van der Waals surface area (Å²) in [7, 11) is 3.24. The van der Waals surface area contributed by atoms with Gasteiger partial charge in [0.15, 0.2) is 0 Å². The van der Waals surface area contributed by atoms with Crippen LogP contribution in [0.3, 0.4) is 0 Å². The third-order valence-electron chi connectivity index (χ3n) is 5.08. The Hall–Kier alpha value is -1.56. The van der Waals surface area contributed by atoms with E-state index in [2.05, 4.69) is 58.8 Å². The maximum absolute atomic E-state index is 5.74. The molecular weight excluding hydrogens is 396 g/mol. The highest BCUT2D eigenvalue weighted by Gasteiger charge is 2.45. The summed E-state index contributed by atoms with van der Waals surface area (Å²) in [4.78, 5) is 8.63. The van der Waals surface area contributed by atoms with E-state index < -0.39 is 0 Å². The molecule has 0 radical (unpaired) electrons. The van der Waals surface area contributed by atoms with Crippen LogP contribution in [-0.4, -0.2) is 45.2 Å². The smallest absolute Gasteiger partial charge is 0.209 e. The molecule has 3 atom stereocenters. The lowest BCUT2D eigenvalue weighted by Crippen LogP contribution is -2.32. The Kier molecular flexibility index (Phi) is 5.90. The number of aryl methyl sites for hydroxylation is 1. The van der Waals surface area contributed by atoms with Crippen LogP contribution < -0.4 is 4.74 Å². The third-order valence-corrected chi connectivity index (χ3v) is 5.71. The summed E-state index contributed by atoms with van der Waals surface area (Å²) in [6.45, 7) is 7.75. The maximum atomic E-state index is 5.74. The molecule has 142 valence electrons. The van der Waals surface area contributed by atoms with Crippen molar-refractivity contribution in [2.24, 2.45) is 21.8 Å². The lowest BCUT2D eigenvalue weighted by atomic mass is 10.0. The van der Waals surface area contributed by atoms with Crippen molar-refractivity contribution in [2.75, 3.05) is 27.4 Å². The van der Waals surface area contributed by atoms with Crippen molar-refractivity contribution >= 4 is 27.7 Å². The van der Waals surface area contributed by atoms with Crippen LogP contribution in [0.25, 0.3) is 0 Å². The van der Waals surface area contributed by atoms with Crippen molar-refractivity contribution in [1.82, 2.24) is 0 Å². The molecule has 0 aromatic heterocycles. The van der Waals surface area contributed by atoms with Crippen LogP contribution in [0, 0.1) is 18.8 Å². The Labute approximate surface area is 164 Å². The van der Waals surface area contributed by atoms with Gasteiger partial charge < -0.3 is 14.2 Å². The zero-order valence-electron chi connectivity index (χ0n) is 16.1. The van der Waals surface area contributed by atoms with Gasteiger partial charge in [0.2, 0.25) is 11.8 Å². The van der Waals surface area contributed by atoms with Crippen molar-refractivity contribution in [2.45, 2.75) is 39.2 Å². The van der Waals surface area contributed by atoms with Crippen molar-refractivity contribution in [3.63, 3.8) is 0 Å². The average molecular weight is 423 g/mol. The predicted octanol–water partition coefficient (Wildman–Crippen LogP) is 4.37. The first-order chi connectivity index (χ1) is 12.5. The molecule has 2 heterocycles. The molecule has 26 heavy (non-hydrogen) atoms. The number of fused-ring (bicyclic) bond motifs is 3. The van der Waals surface area contributed by atoms with E-state index in [0.29, 0.717) is 24.3 Å². The molecule has 0 amide bonds. The monoisotopic (exact) mass is 422 g/mol. The van der Waals surface area contributed by atoms with Gasteiger partial charge in [0, 0.05) is 11.5 Å². The highest BCUT2D eigenvalue weighted by atomic mass is 79.9. The van der Waals surface area contributed by atoms with Crippen LogP contribution in [0.1, 0.15) is 37.3 Å². The molecule has 6 heteroatoms. The molecule has 1 aromatic rings. The van der Waals surface area contributed by atoms with Crippen LogP contribution in [0.15, 0.2) is 26.6 Å². The topological polar surface area (TPSA) is 52.4 Å². The van der Waals surface area contributed by atoms with E-state index >= 15 is 0 Å². The second kappa shape index (κ2) is 7.99. The summed E-state index contributed by atoms with van der Waals surface area (Å²) in [6, 6.07) is 4.26. The number of nitrogens with zero attached hydrogens (tertiary/aromatic N) is 2. The minimum absolute atomic E-state index is 0.00806. The van der Waals surface area contributed by atoms with Gasteiger partial charge in [-0.15, -0.1) is 0 Å². The van der Waals surface area contributed by atoms with E-state index in [4.69, 9.17) is 14.2 Å². The summed E-state index contributed by atoms with van der Waals surface area (Å²) in [5.74, 6) is 4.46. The van der Waals surface area contributed by atoms with Crippen LogP contribution in [0.4, 0.5) is 0 Å². The lowest BCUT2D eigenvalue weighted by Gasteiger charge is -2.22. The van der Waals surface area contributed by atoms with Gasteiger partial charge in [-0.1, -0.05) is 19.9 Å². The van der Waals surface area contributed by atoms with Crippen molar-refractivity contribution in [3.05, 3.63) is 27.7 Å². The summed E-state index contributed by atoms with van der Waals surface area (Å²) in [6.07, 6.45) is 1.32. The number of rotatable bonds is 1. The Balaban J connectivity index is 0.000000151. The summed E-state index contributed by atoms with van der Waals surface area (Å²) in [5, 5.41) is 0. The SMILES string of the molecule is COC1=NC(C(C)C)C(OC)=NC1.Cc1ccc(Br)c2c1C1CC1CO2. The average Bonchev–Trinajstić information content (AvgIpc) is 3.44. The molecule has 4 rings (SSSR count). The quantitative estimate of drug-likeness (QED) is 0.674. The van der Waals surface area contributed by atoms with Crippen LogP contribution >= 0.6 is 15.9 Å². The van der Waals surface area contributed by atoms with E-state index in [0.717, 1.165) is 28.7 Å². The second-order valence-electron chi connectivity index (χ2n) is 7.29. The zero-order valence-corrected chi connectivity index (χ0v) is 17.7. The van der Waals surface area contributed by atoms with Gasteiger partial charge in [-0.3, -0.25) is 0 Å². The Bertz CT molecular complexity index is 730. The molecule has 1 aliphatic carbocycles. The van der Waals surface area contributed by atoms with Crippen molar-refractivity contribution in [1.29, 1.82) is 0 Å². The van der Waals surface area contributed by atoms with E-state index in [1.807, 2.05) is 0 Å². The standard InChI is InChI=1S/C11H11BrO.C9H16N2O2/c1-6-2-3-9(12)11-10(6)8-4-7(8)5-13-11;1-6(2)8-9(13-4)10-5-7(11-8)12-3/h2-3,7-8H,4-5H2,1H3;6,8H,5H2,1-4H3. The first-order valence-electron chi connectivity index (χ1n) is 9.07. The Morgan fingerprint density at radius 2 is 2.00 bits per heavy atom. The third kappa shape index (κ3) is 3.90. The van der Waals surface area contributed by atoms with Crippen molar-refractivity contribution in [3.8, 4) is 5.75 Å². The van der Waals surface area contributed by atoms with Gasteiger partial charge in [-0.05, 0) is 52.7 Å². The summed E-state index contributed by atoms with van der Waals surface area (Å²) >= 11 is 3.54. The van der Waals surface area contributed by atoms with Crippen LogP contribution in [0.2, 0.25) is 0 Å². The highest BCUT2D eigenvalue weighted by Crippen LogP contribution is 2.56. The molecule has 2 aliphatic heterocycles. The fraction of sp³-hybridized carbons (Fsp3) is 0.600. The van der Waals surface area contributed by atoms with Gasteiger partial charge in [0.25, 0.3) is 0 Å². The second-order valence-corrected chi connectivity index (χ2v) is 8.15. The van der Waals surface area contributed by atoms with Gasteiger partial charge in [0.1, 0.15) is 18.3 Å². The molecule has 0 saturated heterocycles. The maximum Gasteiger partial charge on any atom is 0.209 e. The molecule has 1 saturated carbocycles. The molecule has 5 nitrogen and oxygen atoms in total.